The molecule has 1 amide bonds. The van der Waals surface area contributed by atoms with Crippen molar-refractivity contribution >= 4 is 38.9 Å². The van der Waals surface area contributed by atoms with Gasteiger partial charge >= 0.3 is 5.97 Å². The molecule has 0 aliphatic carbocycles. The van der Waals surface area contributed by atoms with Gasteiger partial charge in [0.15, 0.2) is 6.61 Å². The average molecular weight is 414 g/mol. The molecule has 0 bridgehead atoms. The third kappa shape index (κ3) is 5.94. The third-order valence-electron chi connectivity index (χ3n) is 3.21. The number of thiophene rings is 1. The molecule has 0 radical (unpaired) electrons. The molecule has 0 atom stereocenters. The van der Waals surface area contributed by atoms with Crippen LogP contribution in [0.25, 0.3) is 0 Å². The Kier molecular flexibility index (Phi) is 7.16. The first-order valence-corrected chi connectivity index (χ1v) is 9.92. The highest BCUT2D eigenvalue weighted by Crippen LogP contribution is 2.28. The number of rotatable bonds is 9. The van der Waals surface area contributed by atoms with Crippen molar-refractivity contribution in [3.05, 3.63) is 35.7 Å². The number of methoxy groups -OCH3 is 2. The first-order valence-electron chi connectivity index (χ1n) is 7.56. The van der Waals surface area contributed by atoms with Gasteiger partial charge in [0.2, 0.25) is 0 Å². The highest BCUT2D eigenvalue weighted by Gasteiger charge is 2.17. The van der Waals surface area contributed by atoms with E-state index in [1.165, 1.54) is 20.3 Å². The fourth-order valence-electron chi connectivity index (χ4n) is 1.94. The number of nitrogens with one attached hydrogen (secondary N) is 2. The Morgan fingerprint density at radius 3 is 2.56 bits per heavy atom. The molecule has 0 aliphatic rings. The molecule has 0 unspecified atom stereocenters. The van der Waals surface area contributed by atoms with Crippen LogP contribution >= 0.6 is 11.3 Å². The molecule has 0 saturated heterocycles. The molecule has 2 rings (SSSR count). The Bertz CT molecular complexity index is 895. The van der Waals surface area contributed by atoms with Gasteiger partial charge in [-0.2, -0.15) is 4.72 Å². The maximum atomic E-state index is 12.0. The first kappa shape index (κ1) is 20.7. The second-order valence-corrected chi connectivity index (χ2v) is 7.97. The molecule has 0 aliphatic heterocycles. The van der Waals surface area contributed by atoms with E-state index in [1.807, 2.05) is 0 Å². The Labute approximate surface area is 160 Å². The van der Waals surface area contributed by atoms with Gasteiger partial charge in [-0.25, -0.2) is 8.42 Å². The number of carbonyl (C=O) groups excluding carboxylic acids is 2. The van der Waals surface area contributed by atoms with Crippen LogP contribution < -0.4 is 19.5 Å². The van der Waals surface area contributed by atoms with Crippen LogP contribution in [-0.4, -0.2) is 47.7 Å². The fourth-order valence-corrected chi connectivity index (χ4v) is 3.94. The smallest absolute Gasteiger partial charge is 0.321 e. The summed E-state index contributed by atoms with van der Waals surface area (Å²) in [5, 5.41) is 4.13. The Morgan fingerprint density at radius 1 is 1.15 bits per heavy atom. The first-order chi connectivity index (χ1) is 12.9. The van der Waals surface area contributed by atoms with E-state index in [-0.39, 0.29) is 4.21 Å². The van der Waals surface area contributed by atoms with E-state index in [0.29, 0.717) is 17.2 Å². The molecule has 9 nitrogen and oxygen atoms in total. The summed E-state index contributed by atoms with van der Waals surface area (Å²) in [6, 6.07) is 7.81. The predicted molar refractivity (Wildman–Crippen MR) is 98.6 cm³/mol. The van der Waals surface area contributed by atoms with Crippen molar-refractivity contribution in [2.24, 2.45) is 0 Å². The minimum absolute atomic E-state index is 0.0816. The second-order valence-electron chi connectivity index (χ2n) is 5.03. The topological polar surface area (TPSA) is 120 Å². The molecular formula is C16H18N2O7S2. The number of sulfonamides is 1. The minimum Gasteiger partial charge on any atom is -0.497 e. The summed E-state index contributed by atoms with van der Waals surface area (Å²) in [7, 11) is -0.859. The van der Waals surface area contributed by atoms with E-state index >= 15 is 0 Å². The van der Waals surface area contributed by atoms with Crippen LogP contribution in [0.15, 0.2) is 39.9 Å². The zero-order valence-corrected chi connectivity index (χ0v) is 16.2. The summed E-state index contributed by atoms with van der Waals surface area (Å²) in [6.07, 6.45) is 0. The summed E-state index contributed by atoms with van der Waals surface area (Å²) < 4.78 is 41.0. The predicted octanol–water partition coefficient (Wildman–Crippen LogP) is 1.23. The molecule has 0 spiro atoms. The lowest BCUT2D eigenvalue weighted by Gasteiger charge is -2.12. The Hall–Kier alpha value is -2.63. The number of amides is 1. The van der Waals surface area contributed by atoms with E-state index < -0.39 is 35.1 Å². The number of hydrogen-bond donors (Lipinski definition) is 2. The number of hydrogen-bond acceptors (Lipinski definition) is 8. The summed E-state index contributed by atoms with van der Waals surface area (Å²) >= 11 is 1.02. The Morgan fingerprint density at radius 2 is 1.93 bits per heavy atom. The van der Waals surface area contributed by atoms with Crippen molar-refractivity contribution in [1.82, 2.24) is 4.72 Å². The third-order valence-corrected chi connectivity index (χ3v) is 6.01. The summed E-state index contributed by atoms with van der Waals surface area (Å²) in [4.78, 5) is 23.6. The molecular weight excluding hydrogens is 396 g/mol. The van der Waals surface area contributed by atoms with Gasteiger partial charge in [0, 0.05) is 6.07 Å². The van der Waals surface area contributed by atoms with Crippen LogP contribution in [0, 0.1) is 0 Å². The molecule has 0 saturated carbocycles. The largest absolute Gasteiger partial charge is 0.497 e. The number of carbonyl (C=O) groups is 2. The molecule has 11 heteroatoms. The van der Waals surface area contributed by atoms with Gasteiger partial charge in [0.25, 0.3) is 15.9 Å². The van der Waals surface area contributed by atoms with Crippen molar-refractivity contribution in [1.29, 1.82) is 0 Å². The van der Waals surface area contributed by atoms with Crippen molar-refractivity contribution in [2.45, 2.75) is 4.21 Å². The van der Waals surface area contributed by atoms with Crippen molar-refractivity contribution in [3.63, 3.8) is 0 Å². The maximum Gasteiger partial charge on any atom is 0.321 e. The van der Waals surface area contributed by atoms with E-state index in [0.717, 1.165) is 11.3 Å². The monoisotopic (exact) mass is 414 g/mol. The van der Waals surface area contributed by atoms with Crippen molar-refractivity contribution in [3.8, 4) is 11.5 Å². The van der Waals surface area contributed by atoms with Crippen LogP contribution in [0.2, 0.25) is 0 Å². The molecule has 27 heavy (non-hydrogen) atoms. The minimum atomic E-state index is -3.78. The Balaban J connectivity index is 1.84. The van der Waals surface area contributed by atoms with Gasteiger partial charge in [0.1, 0.15) is 22.3 Å². The number of esters is 1. The summed E-state index contributed by atoms with van der Waals surface area (Å²) in [5.41, 5.74) is 0.344. The zero-order chi connectivity index (χ0) is 19.9. The quantitative estimate of drug-likeness (QED) is 0.592. The lowest BCUT2D eigenvalue weighted by Crippen LogP contribution is -2.32. The summed E-state index contributed by atoms with van der Waals surface area (Å²) in [6.45, 7) is -1.17. The number of benzene rings is 1. The fraction of sp³-hybridized carbons (Fsp3) is 0.250. The second kappa shape index (κ2) is 9.35. The van der Waals surface area contributed by atoms with Gasteiger partial charge in [-0.05, 0) is 23.6 Å². The number of ether oxygens (including phenoxy) is 3. The van der Waals surface area contributed by atoms with Crippen LogP contribution in [-0.2, 0) is 24.3 Å². The standard InChI is InChI=1S/C16H18N2O7S2/c1-23-11-5-6-13(24-2)12(8-11)18-14(19)10-25-15(20)9-17-27(21,22)16-4-3-7-26-16/h3-8,17H,9-10H2,1-2H3,(H,18,19). The maximum absolute atomic E-state index is 12.0. The van der Waals surface area contributed by atoms with Gasteiger partial charge in [0.05, 0.1) is 19.9 Å². The van der Waals surface area contributed by atoms with Gasteiger partial charge in [-0.15, -0.1) is 11.3 Å². The molecule has 2 N–H and O–H groups in total. The van der Waals surface area contributed by atoms with E-state index in [4.69, 9.17) is 14.2 Å². The summed E-state index contributed by atoms with van der Waals surface area (Å²) in [5.74, 6) is -0.593. The molecule has 0 fully saturated rings. The van der Waals surface area contributed by atoms with Crippen LogP contribution in [0.4, 0.5) is 5.69 Å². The molecule has 2 aromatic rings. The van der Waals surface area contributed by atoms with Gasteiger partial charge < -0.3 is 19.5 Å². The van der Waals surface area contributed by atoms with Crippen LogP contribution in [0.3, 0.4) is 0 Å². The van der Waals surface area contributed by atoms with Gasteiger partial charge in [-0.3, -0.25) is 9.59 Å². The van der Waals surface area contributed by atoms with Crippen molar-refractivity contribution in [2.75, 3.05) is 32.7 Å². The molecule has 1 heterocycles. The van der Waals surface area contributed by atoms with E-state index in [9.17, 15) is 18.0 Å². The lowest BCUT2D eigenvalue weighted by atomic mass is 10.2. The highest BCUT2D eigenvalue weighted by molar-refractivity contribution is 7.91. The van der Waals surface area contributed by atoms with Gasteiger partial charge in [-0.1, -0.05) is 6.07 Å². The lowest BCUT2D eigenvalue weighted by molar-refractivity contribution is -0.146. The van der Waals surface area contributed by atoms with E-state index in [1.54, 1.807) is 29.6 Å². The zero-order valence-electron chi connectivity index (χ0n) is 14.6. The normalized spacial score (nSPS) is 10.9. The molecule has 1 aromatic carbocycles. The van der Waals surface area contributed by atoms with Crippen LogP contribution in [0.5, 0.6) is 11.5 Å². The SMILES string of the molecule is COc1ccc(OC)c(NC(=O)COC(=O)CNS(=O)(=O)c2cccs2)c1. The average Bonchev–Trinajstić information content (AvgIpc) is 3.20. The highest BCUT2D eigenvalue weighted by atomic mass is 32.2. The van der Waals surface area contributed by atoms with E-state index in [2.05, 4.69) is 10.0 Å². The molecule has 146 valence electrons. The molecule has 1 aromatic heterocycles. The van der Waals surface area contributed by atoms with Crippen LogP contribution in [0.1, 0.15) is 0 Å². The van der Waals surface area contributed by atoms with Crippen molar-refractivity contribution < 1.29 is 32.2 Å². The number of anilines is 1.